The van der Waals surface area contributed by atoms with Crippen LogP contribution in [-0.4, -0.2) is 83.4 Å². The number of piperidine rings is 2. The second-order valence-electron chi connectivity index (χ2n) is 10.9. The van der Waals surface area contributed by atoms with Gasteiger partial charge in [-0.1, -0.05) is 29.3 Å². The number of alkyl halides is 6. The lowest BCUT2D eigenvalue weighted by Gasteiger charge is -2.44. The van der Waals surface area contributed by atoms with Crippen molar-refractivity contribution in [2.75, 3.05) is 39.8 Å². The van der Waals surface area contributed by atoms with E-state index in [1.807, 2.05) is 0 Å². The van der Waals surface area contributed by atoms with E-state index >= 15 is 0 Å². The molecule has 0 bridgehead atoms. The van der Waals surface area contributed by atoms with Gasteiger partial charge in [-0.15, -0.1) is 0 Å². The second kappa shape index (κ2) is 13.1. The van der Waals surface area contributed by atoms with Gasteiger partial charge in [0.2, 0.25) is 11.8 Å². The van der Waals surface area contributed by atoms with Crippen LogP contribution in [0.2, 0.25) is 10.0 Å². The van der Waals surface area contributed by atoms with Crippen LogP contribution in [0.4, 0.5) is 26.3 Å². The summed E-state index contributed by atoms with van der Waals surface area (Å²) < 4.78 is 80.9. The smallest absolute Gasteiger partial charge is 0.387 e. The lowest BCUT2D eigenvalue weighted by Crippen LogP contribution is -2.53. The minimum absolute atomic E-state index is 0.0381. The van der Waals surface area contributed by atoms with Crippen molar-refractivity contribution in [2.24, 2.45) is 5.92 Å². The predicted octanol–water partition coefficient (Wildman–Crippen LogP) is 5.72. The summed E-state index contributed by atoms with van der Waals surface area (Å²) in [4.78, 5) is 43.0. The van der Waals surface area contributed by atoms with Gasteiger partial charge < -0.3 is 19.8 Å². The summed E-state index contributed by atoms with van der Waals surface area (Å²) in [7, 11) is 1.30. The molecule has 7 nitrogen and oxygen atoms in total. The van der Waals surface area contributed by atoms with Crippen molar-refractivity contribution in [1.29, 1.82) is 0 Å². The van der Waals surface area contributed by atoms with Crippen LogP contribution >= 0.6 is 23.2 Å². The summed E-state index contributed by atoms with van der Waals surface area (Å²) in [6.45, 7) is 0.241. The van der Waals surface area contributed by atoms with Crippen molar-refractivity contribution in [1.82, 2.24) is 14.7 Å². The second-order valence-corrected chi connectivity index (χ2v) is 11.8. The number of nitrogens with zero attached hydrogens (tertiary/aromatic N) is 3. The maximum atomic E-state index is 13.5. The number of hydrogen-bond donors (Lipinski definition) is 1. The summed E-state index contributed by atoms with van der Waals surface area (Å²) in [6, 6.07) is 4.75. The van der Waals surface area contributed by atoms with E-state index in [0.29, 0.717) is 43.6 Å². The summed E-state index contributed by atoms with van der Waals surface area (Å²) in [5, 5.41) is 9.54. The fourth-order valence-corrected chi connectivity index (χ4v) is 6.15. The van der Waals surface area contributed by atoms with Crippen LogP contribution in [0.3, 0.4) is 0 Å². The van der Waals surface area contributed by atoms with Gasteiger partial charge in [0.05, 0.1) is 21.2 Å². The number of carbonyl (C=O) groups is 3. The highest BCUT2D eigenvalue weighted by Gasteiger charge is 2.41. The number of halogens is 8. The molecule has 2 atom stereocenters. The van der Waals surface area contributed by atoms with Gasteiger partial charge in [-0.25, -0.2) is 0 Å². The highest BCUT2D eigenvalue weighted by atomic mass is 35.5. The summed E-state index contributed by atoms with van der Waals surface area (Å²) in [6.07, 6.45) is -9.30. The topological polar surface area (TPSA) is 81.2 Å². The zero-order valence-corrected chi connectivity index (χ0v) is 24.9. The first-order chi connectivity index (χ1) is 20.5. The highest BCUT2D eigenvalue weighted by molar-refractivity contribution is 6.42. The van der Waals surface area contributed by atoms with E-state index in [0.717, 1.165) is 4.90 Å². The van der Waals surface area contributed by atoms with Crippen molar-refractivity contribution in [3.63, 3.8) is 0 Å². The van der Waals surface area contributed by atoms with E-state index in [2.05, 4.69) is 0 Å². The van der Waals surface area contributed by atoms with Crippen LogP contribution < -0.4 is 0 Å². The summed E-state index contributed by atoms with van der Waals surface area (Å²) in [5.41, 5.74) is -3.40. The van der Waals surface area contributed by atoms with Gasteiger partial charge in [0.25, 0.3) is 5.91 Å². The van der Waals surface area contributed by atoms with E-state index in [4.69, 9.17) is 28.3 Å². The van der Waals surface area contributed by atoms with Crippen molar-refractivity contribution < 1.29 is 45.8 Å². The molecule has 1 N–H and O–H groups in total. The largest absolute Gasteiger partial charge is 0.416 e. The third kappa shape index (κ3) is 7.43. The average molecular weight is 668 g/mol. The minimum atomic E-state index is -5.12. The molecule has 0 saturated carbocycles. The van der Waals surface area contributed by atoms with Crippen molar-refractivity contribution >= 4 is 40.9 Å². The number of aliphatic hydroxyl groups is 1. The van der Waals surface area contributed by atoms with Crippen LogP contribution in [-0.2, 0) is 21.9 Å². The van der Waals surface area contributed by atoms with Crippen LogP contribution in [0.5, 0.6) is 0 Å². The quantitative estimate of drug-likeness (QED) is 0.414. The molecule has 0 radical (unpaired) electrons. The Kier molecular flexibility index (Phi) is 10.1. The Hall–Kier alpha value is -3.03. The number of rotatable bonds is 5. The van der Waals surface area contributed by atoms with E-state index in [9.17, 15) is 40.7 Å². The van der Waals surface area contributed by atoms with Gasteiger partial charge in [-0.3, -0.25) is 14.4 Å². The molecular formula is C29H29Cl2F6N3O4. The van der Waals surface area contributed by atoms with Crippen LogP contribution in [0.1, 0.15) is 52.2 Å². The summed E-state index contributed by atoms with van der Waals surface area (Å²) >= 11 is 12.3. The Bertz CT molecular complexity index is 1380. The minimum Gasteiger partial charge on any atom is -0.387 e. The standard InChI is InChI=1S/C29H29Cl2F6N3O4/c1-38(26(43)18-10-19(28(32,33)34)13-20(11-18)29(35,36)37)24-6-9-40(14-21(24)17-2-3-22(30)23(31)12-17)27(44)16-4-7-39(8-5-16)25(42)15-41/h2-3,10-13,16,21,24,41H,4-9,14-15H2,1H3/t21-,24+/m0/s1. The Labute approximate surface area is 259 Å². The molecule has 15 heteroatoms. The van der Waals surface area contributed by atoms with E-state index in [1.54, 1.807) is 17.0 Å². The van der Waals surface area contributed by atoms with Crippen LogP contribution in [0.15, 0.2) is 36.4 Å². The fourth-order valence-electron chi connectivity index (χ4n) is 5.84. The lowest BCUT2D eigenvalue weighted by atomic mass is 9.83. The molecule has 0 aromatic heterocycles. The van der Waals surface area contributed by atoms with E-state index in [-0.39, 0.29) is 41.5 Å². The number of hydrogen-bond acceptors (Lipinski definition) is 4. The first-order valence-electron chi connectivity index (χ1n) is 13.7. The number of likely N-dealkylation sites (N-methyl/N-ethyl adjacent to an activating group) is 1. The Morgan fingerprint density at radius 3 is 1.95 bits per heavy atom. The predicted molar refractivity (Wildman–Crippen MR) is 149 cm³/mol. The number of benzene rings is 2. The normalized spacial score (nSPS) is 20.0. The molecule has 2 fully saturated rings. The first kappa shape index (κ1) is 33.9. The molecule has 2 aromatic carbocycles. The molecule has 3 amide bonds. The molecule has 0 spiro atoms. The Balaban J connectivity index is 1.62. The number of aliphatic hydroxyl groups excluding tert-OH is 1. The molecule has 0 aliphatic carbocycles. The molecule has 44 heavy (non-hydrogen) atoms. The van der Waals surface area contributed by atoms with Gasteiger partial charge >= 0.3 is 12.4 Å². The van der Waals surface area contributed by atoms with Crippen molar-refractivity contribution in [3.8, 4) is 0 Å². The van der Waals surface area contributed by atoms with Gasteiger partial charge in [0.1, 0.15) is 6.61 Å². The molecule has 2 heterocycles. The number of carbonyl (C=O) groups excluding carboxylic acids is 3. The maximum absolute atomic E-state index is 13.5. The third-order valence-corrected chi connectivity index (χ3v) is 8.98. The van der Waals surface area contributed by atoms with Crippen molar-refractivity contribution in [2.45, 2.75) is 43.6 Å². The molecule has 2 saturated heterocycles. The molecule has 4 rings (SSSR count). The van der Waals surface area contributed by atoms with Gasteiger partial charge in [0.15, 0.2) is 0 Å². The monoisotopic (exact) mass is 667 g/mol. The zero-order chi connectivity index (χ0) is 32.6. The lowest BCUT2D eigenvalue weighted by molar-refractivity contribution is -0.143. The molecule has 2 aromatic rings. The van der Waals surface area contributed by atoms with Crippen LogP contribution in [0, 0.1) is 5.92 Å². The Morgan fingerprint density at radius 1 is 0.864 bits per heavy atom. The molecule has 0 unspecified atom stereocenters. The number of likely N-dealkylation sites (tertiary alicyclic amines) is 2. The van der Waals surface area contributed by atoms with Gasteiger partial charge in [-0.05, 0) is 55.2 Å². The molecule has 240 valence electrons. The third-order valence-electron chi connectivity index (χ3n) is 8.24. The molecule has 2 aliphatic rings. The van der Waals surface area contributed by atoms with Gasteiger partial charge in [0, 0.05) is 56.7 Å². The first-order valence-corrected chi connectivity index (χ1v) is 14.5. The van der Waals surface area contributed by atoms with E-state index in [1.165, 1.54) is 18.0 Å². The maximum Gasteiger partial charge on any atom is 0.416 e. The SMILES string of the molecule is CN(C(=O)c1cc(C(F)(F)F)cc(C(F)(F)F)c1)[C@@H]1CCN(C(=O)C2CCN(C(=O)CO)CC2)C[C@H]1c1ccc(Cl)c(Cl)c1. The summed E-state index contributed by atoms with van der Waals surface area (Å²) in [5.74, 6) is -2.65. The molecular weight excluding hydrogens is 639 g/mol. The average Bonchev–Trinajstić information content (AvgIpc) is 2.99. The highest BCUT2D eigenvalue weighted by Crippen LogP contribution is 2.39. The Morgan fingerprint density at radius 2 is 1.43 bits per heavy atom. The van der Waals surface area contributed by atoms with Crippen molar-refractivity contribution in [3.05, 3.63) is 68.7 Å². The fraction of sp³-hybridized carbons (Fsp3) is 0.483. The number of amides is 3. The zero-order valence-electron chi connectivity index (χ0n) is 23.4. The van der Waals surface area contributed by atoms with Crippen LogP contribution in [0.25, 0.3) is 0 Å². The molecule has 2 aliphatic heterocycles. The van der Waals surface area contributed by atoms with E-state index < -0.39 is 65.3 Å². The van der Waals surface area contributed by atoms with Gasteiger partial charge in [-0.2, -0.15) is 26.3 Å².